The Labute approximate surface area is 110 Å². The molecule has 1 amide bonds. The number of piperazine rings is 1. The van der Waals surface area contributed by atoms with Crippen LogP contribution in [0.3, 0.4) is 0 Å². The summed E-state index contributed by atoms with van der Waals surface area (Å²) < 4.78 is 2.62. The molecule has 0 aliphatic carbocycles. The molecule has 0 saturated carbocycles. The van der Waals surface area contributed by atoms with Crippen LogP contribution in [0.15, 0.2) is 0 Å². The molecule has 1 aliphatic rings. The quantitative estimate of drug-likeness (QED) is 0.493. The number of alkyl halides is 3. The van der Waals surface area contributed by atoms with Gasteiger partial charge in [-0.05, 0) is 34.8 Å². The third kappa shape index (κ3) is 5.88. The first-order valence-corrected chi connectivity index (χ1v) is 5.38. The summed E-state index contributed by atoms with van der Waals surface area (Å²) in [7, 11) is 2.07. The Morgan fingerprint density at radius 1 is 1.33 bits per heavy atom. The second kappa shape index (κ2) is 6.21. The number of carbonyl (C=O) groups is 1. The van der Waals surface area contributed by atoms with Gasteiger partial charge in [-0.25, -0.2) is 4.79 Å². The molecule has 15 heavy (non-hydrogen) atoms. The highest BCUT2D eigenvalue weighted by molar-refractivity contribution is 6.66. The fourth-order valence-electron chi connectivity index (χ4n) is 1.23. The maximum absolute atomic E-state index is 11.4. The van der Waals surface area contributed by atoms with E-state index in [1.165, 1.54) is 9.80 Å². The predicted molar refractivity (Wildman–Crippen MR) is 55.0 cm³/mol. The van der Waals surface area contributed by atoms with Gasteiger partial charge in [0.2, 0.25) is 0 Å². The molecular formula is C7H12Cl4N2O2. The highest BCUT2D eigenvalue weighted by atomic mass is 35.6. The molecule has 0 aromatic carbocycles. The van der Waals surface area contributed by atoms with Gasteiger partial charge in [-0.3, -0.25) is 4.90 Å². The van der Waals surface area contributed by atoms with Gasteiger partial charge in [0.1, 0.15) is 0 Å². The highest BCUT2D eigenvalue weighted by Crippen LogP contribution is 2.28. The molecule has 1 N–H and O–H groups in total. The van der Waals surface area contributed by atoms with Gasteiger partial charge in [0.05, 0.1) is 33.2 Å². The molecule has 90 valence electrons. The Hall–Kier alpha value is 0.390. The van der Waals surface area contributed by atoms with Gasteiger partial charge in [0.15, 0.2) is 0 Å². The average Bonchev–Trinajstić information content (AvgIpc) is 2.02. The van der Waals surface area contributed by atoms with Crippen molar-refractivity contribution in [1.29, 1.82) is 0 Å². The third-order valence-electron chi connectivity index (χ3n) is 2.08. The maximum Gasteiger partial charge on any atom is 0.413 e. The Morgan fingerprint density at radius 3 is 2.20 bits per heavy atom. The zero-order valence-corrected chi connectivity index (χ0v) is 11.1. The molecule has 0 aromatic rings. The fraction of sp³-hybridized carbons (Fsp3) is 0.857. The zero-order valence-electron chi connectivity index (χ0n) is 8.10. The lowest BCUT2D eigenvalue weighted by atomic mass is 10.3. The number of nitrogens with zero attached hydrogens (tertiary/aromatic N) is 1. The van der Waals surface area contributed by atoms with Crippen molar-refractivity contribution in [3.8, 4) is 0 Å². The van der Waals surface area contributed by atoms with Gasteiger partial charge in [0.25, 0.3) is 0 Å². The molecule has 0 aromatic heterocycles. The van der Waals surface area contributed by atoms with E-state index in [1.54, 1.807) is 0 Å². The van der Waals surface area contributed by atoms with Crippen LogP contribution in [0.1, 0.15) is 0 Å². The van der Waals surface area contributed by atoms with Crippen molar-refractivity contribution >= 4 is 40.9 Å². The van der Waals surface area contributed by atoms with Gasteiger partial charge < -0.3 is 22.0 Å². The molecule has 0 bridgehead atoms. The van der Waals surface area contributed by atoms with E-state index in [-0.39, 0.29) is 12.4 Å². The van der Waals surface area contributed by atoms with Crippen molar-refractivity contribution in [2.75, 3.05) is 33.2 Å². The van der Waals surface area contributed by atoms with Crippen LogP contribution in [0.4, 0.5) is 4.79 Å². The van der Waals surface area contributed by atoms with Crippen LogP contribution in [0.5, 0.6) is 0 Å². The molecular weight excluding hydrogens is 286 g/mol. The van der Waals surface area contributed by atoms with E-state index in [9.17, 15) is 4.79 Å². The van der Waals surface area contributed by atoms with E-state index in [0.29, 0.717) is 13.1 Å². The van der Waals surface area contributed by atoms with E-state index in [4.69, 9.17) is 34.8 Å². The number of amides is 1. The number of rotatable bonds is 0. The molecule has 8 heteroatoms. The lowest BCUT2D eigenvalue weighted by Crippen LogP contribution is -3.12. The summed E-state index contributed by atoms with van der Waals surface area (Å²) in [6.07, 6.45) is -0.572. The Bertz CT molecular complexity index is 214. The highest BCUT2D eigenvalue weighted by Gasteiger charge is 2.30. The van der Waals surface area contributed by atoms with E-state index < -0.39 is 10.1 Å². The molecule has 0 radical (unpaired) electrons. The molecule has 0 atom stereocenters. The molecule has 1 rings (SSSR count). The van der Waals surface area contributed by atoms with Crippen LogP contribution < -0.4 is 17.3 Å². The monoisotopic (exact) mass is 296 g/mol. The Kier molecular flexibility index (Phi) is 6.37. The topological polar surface area (TPSA) is 34.0 Å². The predicted octanol–water partition coefficient (Wildman–Crippen LogP) is -2.71. The number of quaternary nitrogens is 1. The molecule has 0 unspecified atom stereocenters. The van der Waals surface area contributed by atoms with Gasteiger partial charge >= 0.3 is 10.1 Å². The summed E-state index contributed by atoms with van der Waals surface area (Å²) >= 11 is 16.0. The lowest BCUT2D eigenvalue weighted by Gasteiger charge is -2.30. The number of carbonyl (C=O) groups excluding carboxylic acids is 1. The Morgan fingerprint density at radius 2 is 1.80 bits per heavy atom. The third-order valence-corrected chi connectivity index (χ3v) is 2.31. The largest absolute Gasteiger partial charge is 1.00 e. The second-order valence-electron chi connectivity index (χ2n) is 3.26. The zero-order chi connectivity index (χ0) is 10.8. The SMILES string of the molecule is C[NH+]1CCN(C(=O)OC(Cl)(Cl)Cl)CC1.[Cl-]. The maximum atomic E-state index is 11.4. The van der Waals surface area contributed by atoms with Crippen molar-refractivity contribution in [2.45, 2.75) is 3.98 Å². The standard InChI is InChI=1S/C7H11Cl3N2O2.ClH/c1-11-2-4-12(5-3-11)6(13)14-7(8,9)10;/h2-5H2,1H3;1H. The lowest BCUT2D eigenvalue weighted by molar-refractivity contribution is -0.883. The first kappa shape index (κ1) is 15.4. The summed E-state index contributed by atoms with van der Waals surface area (Å²) in [5.74, 6) is 0. The Balaban J connectivity index is 0.00000196. The minimum atomic E-state index is -1.96. The van der Waals surface area contributed by atoms with Gasteiger partial charge in [0, 0.05) is 0 Å². The number of hydrogen-bond donors (Lipinski definition) is 1. The second-order valence-corrected chi connectivity index (χ2v) is 5.44. The normalized spacial score (nSPS) is 18.3. The van der Waals surface area contributed by atoms with Gasteiger partial charge in [-0.1, -0.05) is 0 Å². The van der Waals surface area contributed by atoms with E-state index in [0.717, 1.165) is 13.1 Å². The molecule has 1 aliphatic heterocycles. The molecule has 1 fully saturated rings. The number of nitrogens with one attached hydrogen (secondary N) is 1. The number of halogens is 4. The van der Waals surface area contributed by atoms with Gasteiger partial charge in [-0.15, -0.1) is 0 Å². The molecule has 0 spiro atoms. The molecule has 1 heterocycles. The van der Waals surface area contributed by atoms with Crippen molar-refractivity contribution < 1.29 is 26.8 Å². The first-order chi connectivity index (χ1) is 6.38. The summed E-state index contributed by atoms with van der Waals surface area (Å²) in [4.78, 5) is 14.3. The smallest absolute Gasteiger partial charge is 0.413 e. The van der Waals surface area contributed by atoms with E-state index >= 15 is 0 Å². The summed E-state index contributed by atoms with van der Waals surface area (Å²) in [5, 5.41) is 0. The number of hydrogen-bond acceptors (Lipinski definition) is 2. The number of ether oxygens (including phenoxy) is 1. The minimum Gasteiger partial charge on any atom is -1.00 e. The molecule has 4 nitrogen and oxygen atoms in total. The summed E-state index contributed by atoms with van der Waals surface area (Å²) in [5.41, 5.74) is 0. The van der Waals surface area contributed by atoms with Crippen molar-refractivity contribution in [2.24, 2.45) is 0 Å². The van der Waals surface area contributed by atoms with Crippen LogP contribution in [0.25, 0.3) is 0 Å². The van der Waals surface area contributed by atoms with Crippen LogP contribution in [0.2, 0.25) is 0 Å². The molecule has 1 saturated heterocycles. The van der Waals surface area contributed by atoms with E-state index in [1.807, 2.05) is 0 Å². The minimum absolute atomic E-state index is 0. The van der Waals surface area contributed by atoms with Crippen LogP contribution in [0, 0.1) is 0 Å². The summed E-state index contributed by atoms with van der Waals surface area (Å²) in [6, 6.07) is 0. The number of likely N-dealkylation sites (N-methyl/N-ethyl adjacent to an activating group) is 1. The first-order valence-electron chi connectivity index (χ1n) is 4.24. The average molecular weight is 298 g/mol. The summed E-state index contributed by atoms with van der Waals surface area (Å²) in [6.45, 7) is 3.03. The fourth-order valence-corrected chi connectivity index (χ4v) is 1.43. The van der Waals surface area contributed by atoms with Crippen molar-refractivity contribution in [3.05, 3.63) is 0 Å². The van der Waals surface area contributed by atoms with Gasteiger partial charge in [-0.2, -0.15) is 0 Å². The van der Waals surface area contributed by atoms with Crippen LogP contribution >= 0.6 is 34.8 Å². The van der Waals surface area contributed by atoms with E-state index in [2.05, 4.69) is 11.8 Å². The van der Waals surface area contributed by atoms with Crippen LogP contribution in [-0.4, -0.2) is 48.2 Å². The van der Waals surface area contributed by atoms with Crippen molar-refractivity contribution in [1.82, 2.24) is 4.90 Å². The van der Waals surface area contributed by atoms with Crippen molar-refractivity contribution in [3.63, 3.8) is 0 Å². The van der Waals surface area contributed by atoms with Crippen LogP contribution in [-0.2, 0) is 4.74 Å².